The van der Waals surface area contributed by atoms with Gasteiger partial charge in [-0.25, -0.2) is 0 Å². The van der Waals surface area contributed by atoms with Crippen LogP contribution in [-0.4, -0.2) is 26.2 Å². The molecule has 31 heavy (non-hydrogen) atoms. The molecule has 4 N–H and O–H groups in total. The van der Waals surface area contributed by atoms with Gasteiger partial charge in [0.15, 0.2) is 17.3 Å². The highest BCUT2D eigenvalue weighted by Crippen LogP contribution is 2.44. The Kier molecular flexibility index (Phi) is 6.11. The molecule has 0 bridgehead atoms. The van der Waals surface area contributed by atoms with E-state index in [4.69, 9.17) is 4.74 Å². The van der Waals surface area contributed by atoms with Gasteiger partial charge in [-0.2, -0.15) is 0 Å². The van der Waals surface area contributed by atoms with Crippen LogP contribution in [0.15, 0.2) is 47.3 Å². The second kappa shape index (κ2) is 8.60. The Bertz CT molecular complexity index is 1140. The summed E-state index contributed by atoms with van der Waals surface area (Å²) in [4.78, 5) is 13.0. The number of hydrogen-bond donors (Lipinski definition) is 4. The van der Waals surface area contributed by atoms with Crippen LogP contribution in [0.5, 0.6) is 28.7 Å². The number of phenols is 4. The summed E-state index contributed by atoms with van der Waals surface area (Å²) >= 11 is 0. The normalized spacial score (nSPS) is 13.7. The molecule has 0 amide bonds. The molecular weight excluding hydrogens is 396 g/mol. The van der Waals surface area contributed by atoms with E-state index in [9.17, 15) is 25.2 Å². The van der Waals surface area contributed by atoms with Crippen LogP contribution in [0.4, 0.5) is 0 Å². The molecule has 2 aromatic carbocycles. The van der Waals surface area contributed by atoms with Gasteiger partial charge in [-0.3, -0.25) is 4.79 Å². The predicted molar refractivity (Wildman–Crippen MR) is 119 cm³/mol. The third kappa shape index (κ3) is 4.43. The first-order chi connectivity index (χ1) is 14.6. The number of carbonyl (C=O) groups is 1. The van der Waals surface area contributed by atoms with Gasteiger partial charge in [-0.1, -0.05) is 29.4 Å². The Morgan fingerprint density at radius 2 is 1.48 bits per heavy atom. The van der Waals surface area contributed by atoms with Crippen LogP contribution in [0.2, 0.25) is 0 Å². The minimum atomic E-state index is -0.522. The number of aromatic hydroxyl groups is 4. The Labute approximate surface area is 181 Å². The standard InChI is InChI=1S/C25H26O6/c1-13(2)5-8-16-15(7-10-18(26)23(16)28)11-21-25(30)22-20(31-21)12-19(27)17(24(22)29)9-6-14(3)4/h5-7,10-12,26-29H,8-9H2,1-4H3/b21-11+. The number of allylic oxidation sites excluding steroid dienone is 5. The van der Waals surface area contributed by atoms with E-state index in [0.717, 1.165) is 11.1 Å². The van der Waals surface area contributed by atoms with Crippen molar-refractivity contribution in [2.24, 2.45) is 0 Å². The molecule has 0 fully saturated rings. The fourth-order valence-corrected chi connectivity index (χ4v) is 3.30. The maximum Gasteiger partial charge on any atom is 0.235 e. The number of fused-ring (bicyclic) bond motifs is 1. The summed E-state index contributed by atoms with van der Waals surface area (Å²) in [5, 5.41) is 41.1. The Hall–Kier alpha value is -3.67. The molecule has 1 heterocycles. The fraction of sp³-hybridized carbons (Fsp3) is 0.240. The first-order valence-corrected chi connectivity index (χ1v) is 9.92. The van der Waals surface area contributed by atoms with E-state index in [1.807, 2.05) is 39.8 Å². The Balaban J connectivity index is 2.05. The average molecular weight is 422 g/mol. The molecule has 3 rings (SSSR count). The lowest BCUT2D eigenvalue weighted by atomic mass is 9.98. The lowest BCUT2D eigenvalue weighted by molar-refractivity contribution is 0.101. The van der Waals surface area contributed by atoms with Gasteiger partial charge in [-0.05, 0) is 58.2 Å². The van der Waals surface area contributed by atoms with E-state index in [1.54, 1.807) is 6.07 Å². The molecule has 2 aromatic rings. The van der Waals surface area contributed by atoms with Crippen molar-refractivity contribution in [1.82, 2.24) is 0 Å². The summed E-state index contributed by atoms with van der Waals surface area (Å²) < 4.78 is 5.63. The lowest BCUT2D eigenvalue weighted by Crippen LogP contribution is -2.00. The molecule has 1 aliphatic rings. The highest BCUT2D eigenvalue weighted by Gasteiger charge is 2.33. The molecule has 0 radical (unpaired) electrons. The average Bonchev–Trinajstić information content (AvgIpc) is 2.99. The first-order valence-electron chi connectivity index (χ1n) is 9.92. The summed E-state index contributed by atoms with van der Waals surface area (Å²) in [6.45, 7) is 7.63. The topological polar surface area (TPSA) is 107 Å². The van der Waals surface area contributed by atoms with Gasteiger partial charge in [-0.15, -0.1) is 0 Å². The lowest BCUT2D eigenvalue weighted by Gasteiger charge is -2.09. The number of ketones is 1. The minimum absolute atomic E-state index is 0.00458. The quantitative estimate of drug-likeness (QED) is 0.302. The van der Waals surface area contributed by atoms with Crippen molar-refractivity contribution in [3.63, 3.8) is 0 Å². The molecule has 0 saturated carbocycles. The van der Waals surface area contributed by atoms with Gasteiger partial charge in [0.2, 0.25) is 5.78 Å². The van der Waals surface area contributed by atoms with Crippen LogP contribution >= 0.6 is 0 Å². The van der Waals surface area contributed by atoms with E-state index in [2.05, 4.69) is 0 Å². The van der Waals surface area contributed by atoms with Crippen LogP contribution < -0.4 is 4.74 Å². The minimum Gasteiger partial charge on any atom is -0.507 e. The van der Waals surface area contributed by atoms with Gasteiger partial charge in [0.25, 0.3) is 0 Å². The van der Waals surface area contributed by atoms with Gasteiger partial charge < -0.3 is 25.2 Å². The number of rotatable bonds is 5. The number of hydrogen-bond acceptors (Lipinski definition) is 6. The number of phenolic OH excluding ortho intramolecular Hbond substituents is 4. The zero-order chi connectivity index (χ0) is 22.9. The summed E-state index contributed by atoms with van der Waals surface area (Å²) in [5.74, 6) is -1.49. The van der Waals surface area contributed by atoms with Crippen molar-refractivity contribution in [3.8, 4) is 28.7 Å². The molecule has 6 heteroatoms. The van der Waals surface area contributed by atoms with Crippen molar-refractivity contribution < 1.29 is 30.0 Å². The Morgan fingerprint density at radius 1 is 0.871 bits per heavy atom. The van der Waals surface area contributed by atoms with E-state index in [-0.39, 0.29) is 52.1 Å². The van der Waals surface area contributed by atoms with Gasteiger partial charge >= 0.3 is 0 Å². The summed E-state index contributed by atoms with van der Waals surface area (Å²) in [6.07, 6.45) is 5.82. The molecule has 6 nitrogen and oxygen atoms in total. The predicted octanol–water partition coefficient (Wildman–Crippen LogP) is 5.14. The molecule has 1 aliphatic heterocycles. The second-order valence-electron chi connectivity index (χ2n) is 8.01. The summed E-state index contributed by atoms with van der Waals surface area (Å²) in [5.41, 5.74) is 3.24. The van der Waals surface area contributed by atoms with Crippen LogP contribution in [0.3, 0.4) is 0 Å². The van der Waals surface area contributed by atoms with Crippen molar-refractivity contribution in [3.05, 3.63) is 69.5 Å². The molecule has 0 aromatic heterocycles. The van der Waals surface area contributed by atoms with Gasteiger partial charge in [0, 0.05) is 17.2 Å². The number of Topliss-reactive ketones (excluding diaryl/α,β-unsaturated/α-hetero) is 1. The highest BCUT2D eigenvalue weighted by molar-refractivity contribution is 6.16. The van der Waals surface area contributed by atoms with Crippen LogP contribution in [-0.2, 0) is 12.8 Å². The van der Waals surface area contributed by atoms with Gasteiger partial charge in [0.1, 0.15) is 22.8 Å². The molecule has 0 aliphatic carbocycles. The number of benzene rings is 2. The molecule has 0 unspecified atom stereocenters. The van der Waals surface area contributed by atoms with Crippen LogP contribution in [0.25, 0.3) is 6.08 Å². The molecule has 162 valence electrons. The van der Waals surface area contributed by atoms with Crippen LogP contribution in [0, 0.1) is 0 Å². The van der Waals surface area contributed by atoms with Crippen molar-refractivity contribution in [2.75, 3.05) is 0 Å². The van der Waals surface area contributed by atoms with Gasteiger partial charge in [0.05, 0.1) is 0 Å². The van der Waals surface area contributed by atoms with Crippen molar-refractivity contribution in [1.29, 1.82) is 0 Å². The SMILES string of the molecule is CC(C)=CCc1c(O)cc2c(c1O)C(=O)/C(=C\c1ccc(O)c(O)c1CC=C(C)C)O2. The molecular formula is C25H26O6. The monoisotopic (exact) mass is 422 g/mol. The van der Waals surface area contributed by atoms with E-state index >= 15 is 0 Å². The van der Waals surface area contributed by atoms with Crippen LogP contribution in [0.1, 0.15) is 54.7 Å². The largest absolute Gasteiger partial charge is 0.507 e. The smallest absolute Gasteiger partial charge is 0.235 e. The van der Waals surface area contributed by atoms with Crippen molar-refractivity contribution in [2.45, 2.75) is 40.5 Å². The third-order valence-corrected chi connectivity index (χ3v) is 5.03. The van der Waals surface area contributed by atoms with E-state index < -0.39 is 5.78 Å². The molecule has 0 spiro atoms. The maximum absolute atomic E-state index is 13.0. The molecule has 0 saturated heterocycles. The Morgan fingerprint density at radius 3 is 2.10 bits per heavy atom. The second-order valence-corrected chi connectivity index (χ2v) is 8.01. The number of carbonyl (C=O) groups excluding carboxylic acids is 1. The third-order valence-electron chi connectivity index (χ3n) is 5.03. The zero-order valence-corrected chi connectivity index (χ0v) is 18.0. The first kappa shape index (κ1) is 22.0. The van der Waals surface area contributed by atoms with E-state index in [0.29, 0.717) is 17.5 Å². The van der Waals surface area contributed by atoms with Crippen molar-refractivity contribution >= 4 is 11.9 Å². The van der Waals surface area contributed by atoms with E-state index in [1.165, 1.54) is 18.2 Å². The fourth-order valence-electron chi connectivity index (χ4n) is 3.30. The summed E-state index contributed by atoms with van der Waals surface area (Å²) in [6, 6.07) is 4.23. The maximum atomic E-state index is 13.0. The summed E-state index contributed by atoms with van der Waals surface area (Å²) in [7, 11) is 0. The zero-order valence-electron chi connectivity index (χ0n) is 18.0. The highest BCUT2D eigenvalue weighted by atomic mass is 16.5. The number of ether oxygens (including phenoxy) is 1. The molecule has 0 atom stereocenters.